The molecule has 4 heteroatoms. The fourth-order valence-electron chi connectivity index (χ4n) is 0.611. The summed E-state index contributed by atoms with van der Waals surface area (Å²) in [7, 11) is 1.77. The smallest absolute Gasteiger partial charge is 0.157 e. The maximum Gasteiger partial charge on any atom is 0.157 e. The van der Waals surface area contributed by atoms with E-state index in [-0.39, 0.29) is 5.78 Å². The normalized spacial score (nSPS) is 12.6. The number of carbonyl (C=O) groups is 1. The Hall–Kier alpha value is -0.770. The average molecular weight is 144 g/mol. The van der Waals surface area contributed by atoms with Crippen molar-refractivity contribution in [1.82, 2.24) is 5.32 Å². The van der Waals surface area contributed by atoms with Crippen LogP contribution in [0.1, 0.15) is 13.3 Å². The lowest BCUT2D eigenvalue weighted by Crippen LogP contribution is -2.20. The lowest BCUT2D eigenvalue weighted by Gasteiger charge is -2.02. The summed E-state index contributed by atoms with van der Waals surface area (Å²) in [5.74, 6) is -0.162. The van der Waals surface area contributed by atoms with E-state index in [1.165, 1.54) is 6.92 Å². The summed E-state index contributed by atoms with van der Waals surface area (Å²) in [6.07, 6.45) is 0.495. The number of nitrogens with one attached hydrogen (secondary N) is 1. The molecule has 1 N–H and O–H groups in total. The van der Waals surface area contributed by atoms with Crippen molar-refractivity contribution in [3.8, 4) is 0 Å². The molecule has 0 aromatic heterocycles. The summed E-state index contributed by atoms with van der Waals surface area (Å²) in [4.78, 5) is 20.5. The predicted molar refractivity (Wildman–Crippen MR) is 38.8 cm³/mol. The highest BCUT2D eigenvalue weighted by Crippen LogP contribution is 1.96. The minimum atomic E-state index is -0.660. The fourth-order valence-corrected chi connectivity index (χ4v) is 0.611. The van der Waals surface area contributed by atoms with Crippen LogP contribution in [0.15, 0.2) is 5.18 Å². The zero-order chi connectivity index (χ0) is 7.98. The highest BCUT2D eigenvalue weighted by molar-refractivity contribution is 5.81. The first-order valence-electron chi connectivity index (χ1n) is 3.20. The molecule has 0 saturated heterocycles. The van der Waals surface area contributed by atoms with Crippen molar-refractivity contribution in [3.05, 3.63) is 4.91 Å². The van der Waals surface area contributed by atoms with Gasteiger partial charge in [-0.2, -0.15) is 4.91 Å². The first-order valence-corrected chi connectivity index (χ1v) is 3.20. The van der Waals surface area contributed by atoms with Gasteiger partial charge in [0.1, 0.15) is 0 Å². The van der Waals surface area contributed by atoms with Crippen LogP contribution >= 0.6 is 0 Å². The average Bonchev–Trinajstić information content (AvgIpc) is 1.89. The van der Waals surface area contributed by atoms with Crippen LogP contribution in [0.3, 0.4) is 0 Å². The van der Waals surface area contributed by atoms with E-state index >= 15 is 0 Å². The van der Waals surface area contributed by atoms with Gasteiger partial charge in [0.2, 0.25) is 0 Å². The Morgan fingerprint density at radius 3 is 2.60 bits per heavy atom. The van der Waals surface area contributed by atoms with Gasteiger partial charge in [0, 0.05) is 0 Å². The molecule has 1 atom stereocenters. The van der Waals surface area contributed by atoms with Crippen molar-refractivity contribution in [3.63, 3.8) is 0 Å². The molecule has 1 unspecified atom stereocenters. The summed E-state index contributed by atoms with van der Waals surface area (Å²) in [5.41, 5.74) is 0. The number of nitroso groups, excluding NO2 is 1. The van der Waals surface area contributed by atoms with Crippen molar-refractivity contribution in [2.75, 3.05) is 13.6 Å². The lowest BCUT2D eigenvalue weighted by atomic mass is 10.1. The van der Waals surface area contributed by atoms with E-state index in [9.17, 15) is 9.70 Å². The summed E-state index contributed by atoms with van der Waals surface area (Å²) in [5, 5.41) is 5.52. The Morgan fingerprint density at radius 1 is 1.70 bits per heavy atom. The number of hydrogen-bond acceptors (Lipinski definition) is 4. The third-order valence-corrected chi connectivity index (χ3v) is 1.26. The van der Waals surface area contributed by atoms with Crippen molar-refractivity contribution in [2.45, 2.75) is 19.4 Å². The topological polar surface area (TPSA) is 58.5 Å². The van der Waals surface area contributed by atoms with Gasteiger partial charge < -0.3 is 5.32 Å². The number of carbonyl (C=O) groups excluding carboxylic acids is 1. The zero-order valence-corrected chi connectivity index (χ0v) is 6.26. The third kappa shape index (κ3) is 3.29. The highest BCUT2D eigenvalue weighted by Gasteiger charge is 2.12. The third-order valence-electron chi connectivity index (χ3n) is 1.26. The minimum absolute atomic E-state index is 0.162. The molecule has 0 bridgehead atoms. The lowest BCUT2D eigenvalue weighted by molar-refractivity contribution is -0.118. The molecular weight excluding hydrogens is 132 g/mol. The number of ketones is 1. The van der Waals surface area contributed by atoms with Crippen LogP contribution in [0.4, 0.5) is 0 Å². The summed E-state index contributed by atoms with van der Waals surface area (Å²) in [6.45, 7) is 2.03. The summed E-state index contributed by atoms with van der Waals surface area (Å²) >= 11 is 0. The monoisotopic (exact) mass is 144 g/mol. The van der Waals surface area contributed by atoms with Crippen LogP contribution < -0.4 is 5.32 Å². The number of rotatable bonds is 5. The second-order valence-corrected chi connectivity index (χ2v) is 2.12. The Bertz CT molecular complexity index is 125. The number of Topliss-reactive ketones (excluding diaryl/α,β-unsaturated/α-hetero) is 1. The Labute approximate surface area is 60.0 Å². The van der Waals surface area contributed by atoms with Crippen LogP contribution in [-0.2, 0) is 4.79 Å². The first kappa shape index (κ1) is 9.23. The number of hydrogen-bond donors (Lipinski definition) is 1. The molecule has 0 spiro atoms. The van der Waals surface area contributed by atoms with Crippen LogP contribution in [0, 0.1) is 4.91 Å². The molecular formula is C6H12N2O2. The van der Waals surface area contributed by atoms with Crippen molar-refractivity contribution in [1.29, 1.82) is 0 Å². The molecule has 58 valence electrons. The van der Waals surface area contributed by atoms with Crippen molar-refractivity contribution < 1.29 is 4.79 Å². The van der Waals surface area contributed by atoms with Gasteiger partial charge in [0.25, 0.3) is 0 Å². The van der Waals surface area contributed by atoms with Crippen LogP contribution in [-0.4, -0.2) is 25.4 Å². The van der Waals surface area contributed by atoms with E-state index in [1.54, 1.807) is 7.05 Å². The van der Waals surface area contributed by atoms with E-state index in [4.69, 9.17) is 0 Å². The first-order chi connectivity index (χ1) is 4.72. The van der Waals surface area contributed by atoms with E-state index in [1.807, 2.05) is 0 Å². The van der Waals surface area contributed by atoms with Gasteiger partial charge in [-0.1, -0.05) is 5.18 Å². The molecule has 0 rings (SSSR count). The Balaban J connectivity index is 3.60. The van der Waals surface area contributed by atoms with E-state index in [0.717, 1.165) is 0 Å². The molecule has 0 aromatic rings. The van der Waals surface area contributed by atoms with Gasteiger partial charge in [-0.05, 0) is 26.9 Å². The van der Waals surface area contributed by atoms with Crippen molar-refractivity contribution in [2.24, 2.45) is 5.18 Å². The highest BCUT2D eigenvalue weighted by atomic mass is 16.3. The molecule has 0 aliphatic heterocycles. The van der Waals surface area contributed by atoms with Gasteiger partial charge in [-0.25, -0.2) is 0 Å². The van der Waals surface area contributed by atoms with Gasteiger partial charge >= 0.3 is 0 Å². The fraction of sp³-hybridized carbons (Fsp3) is 0.833. The standard InChI is InChI=1S/C6H12N2O2/c1-5(9)6(8-10)3-4-7-2/h6-7H,3-4H2,1-2H3. The Kier molecular flexibility index (Phi) is 4.66. The van der Waals surface area contributed by atoms with Gasteiger partial charge in [-0.3, -0.25) is 4.79 Å². The molecule has 0 fully saturated rings. The maximum atomic E-state index is 10.6. The number of nitrogens with zero attached hydrogens (tertiary/aromatic N) is 1. The Morgan fingerprint density at radius 2 is 2.30 bits per heavy atom. The van der Waals surface area contributed by atoms with E-state index in [0.29, 0.717) is 13.0 Å². The second kappa shape index (κ2) is 5.05. The molecule has 0 heterocycles. The molecule has 0 aliphatic carbocycles. The molecule has 4 nitrogen and oxygen atoms in total. The second-order valence-electron chi connectivity index (χ2n) is 2.12. The molecule has 0 aromatic carbocycles. The van der Waals surface area contributed by atoms with Crippen LogP contribution in [0.5, 0.6) is 0 Å². The van der Waals surface area contributed by atoms with E-state index in [2.05, 4.69) is 10.5 Å². The van der Waals surface area contributed by atoms with E-state index < -0.39 is 6.04 Å². The predicted octanol–water partition coefficient (Wildman–Crippen LogP) is 0.320. The van der Waals surface area contributed by atoms with Crippen LogP contribution in [0.25, 0.3) is 0 Å². The van der Waals surface area contributed by atoms with Crippen molar-refractivity contribution >= 4 is 5.78 Å². The van der Waals surface area contributed by atoms with Gasteiger partial charge in [-0.15, -0.1) is 0 Å². The quantitative estimate of drug-likeness (QED) is 0.565. The SMILES string of the molecule is CNCCC(N=O)C(C)=O. The molecule has 0 radical (unpaired) electrons. The molecule has 0 amide bonds. The van der Waals surface area contributed by atoms with Gasteiger partial charge in [0.05, 0.1) is 0 Å². The molecule has 0 aliphatic rings. The van der Waals surface area contributed by atoms with Crippen LogP contribution in [0.2, 0.25) is 0 Å². The van der Waals surface area contributed by atoms with Gasteiger partial charge in [0.15, 0.2) is 11.8 Å². The summed E-state index contributed by atoms with van der Waals surface area (Å²) < 4.78 is 0. The summed E-state index contributed by atoms with van der Waals surface area (Å²) in [6, 6.07) is -0.660. The molecule has 10 heavy (non-hydrogen) atoms. The zero-order valence-electron chi connectivity index (χ0n) is 6.26. The largest absolute Gasteiger partial charge is 0.320 e. The molecule has 0 saturated carbocycles. The minimum Gasteiger partial charge on any atom is -0.320 e. The maximum absolute atomic E-state index is 10.6.